The highest BCUT2D eigenvalue weighted by atomic mass is 16.3. The number of furan rings is 1. The van der Waals surface area contributed by atoms with Gasteiger partial charge in [0, 0.05) is 23.7 Å². The summed E-state index contributed by atoms with van der Waals surface area (Å²) in [6, 6.07) is 13.0. The van der Waals surface area contributed by atoms with Crippen molar-refractivity contribution in [2.24, 2.45) is 0 Å². The normalized spacial score (nSPS) is 26.3. The van der Waals surface area contributed by atoms with Gasteiger partial charge >= 0.3 is 0 Å². The van der Waals surface area contributed by atoms with E-state index in [0.717, 1.165) is 24.2 Å². The number of rotatable bonds is 3. The Kier molecular flexibility index (Phi) is 3.26. The third kappa shape index (κ3) is 2.44. The average molecular weight is 296 g/mol. The van der Waals surface area contributed by atoms with Gasteiger partial charge in [0.25, 0.3) is 5.91 Å². The standard InChI is InChI=1S/C18H20N2O2/c1-11-3-2-4-12(9-11)16-7-8-17(22-16)18(21)20-15-10-13-5-6-14(15)19-13/h2-4,7-9,13-15,19H,5-6,10H2,1H3,(H,20,21)/t13-,14+,15-/m1/s1. The largest absolute Gasteiger partial charge is 0.451 e. The molecule has 1 amide bonds. The summed E-state index contributed by atoms with van der Waals surface area (Å²) >= 11 is 0. The Hall–Kier alpha value is -2.07. The maximum absolute atomic E-state index is 12.4. The second-order valence-electron chi connectivity index (χ2n) is 6.40. The molecule has 3 heterocycles. The molecule has 0 unspecified atom stereocenters. The topological polar surface area (TPSA) is 54.3 Å². The Morgan fingerprint density at radius 1 is 1.27 bits per heavy atom. The summed E-state index contributed by atoms with van der Waals surface area (Å²) in [5.41, 5.74) is 2.17. The van der Waals surface area contributed by atoms with Crippen molar-refractivity contribution < 1.29 is 9.21 Å². The van der Waals surface area contributed by atoms with E-state index in [9.17, 15) is 4.79 Å². The molecule has 2 aliphatic heterocycles. The first-order valence-electron chi connectivity index (χ1n) is 7.93. The van der Waals surface area contributed by atoms with E-state index in [1.54, 1.807) is 6.07 Å². The number of amides is 1. The van der Waals surface area contributed by atoms with Crippen LogP contribution in [0.2, 0.25) is 0 Å². The molecule has 0 radical (unpaired) electrons. The van der Waals surface area contributed by atoms with Gasteiger partial charge in [0.05, 0.1) is 0 Å². The van der Waals surface area contributed by atoms with Gasteiger partial charge in [-0.1, -0.05) is 23.8 Å². The second kappa shape index (κ2) is 5.29. The van der Waals surface area contributed by atoms with Crippen molar-refractivity contribution in [1.82, 2.24) is 10.6 Å². The Balaban J connectivity index is 1.48. The molecule has 1 aromatic heterocycles. The van der Waals surface area contributed by atoms with Crippen molar-refractivity contribution >= 4 is 5.91 Å². The number of hydrogen-bond donors (Lipinski definition) is 2. The van der Waals surface area contributed by atoms with Crippen LogP contribution in [-0.2, 0) is 0 Å². The van der Waals surface area contributed by atoms with Gasteiger partial charge in [-0.25, -0.2) is 0 Å². The van der Waals surface area contributed by atoms with Gasteiger partial charge in [-0.05, 0) is 44.4 Å². The predicted molar refractivity (Wildman–Crippen MR) is 84.7 cm³/mol. The molecular weight excluding hydrogens is 276 g/mol. The number of benzene rings is 1. The minimum absolute atomic E-state index is 0.113. The molecule has 114 valence electrons. The van der Waals surface area contributed by atoms with Crippen LogP contribution in [0, 0.1) is 6.92 Å². The van der Waals surface area contributed by atoms with Crippen LogP contribution in [-0.4, -0.2) is 24.0 Å². The molecule has 4 rings (SSSR count). The Morgan fingerprint density at radius 3 is 2.91 bits per heavy atom. The number of aryl methyl sites for hydroxylation is 1. The fraction of sp³-hybridized carbons (Fsp3) is 0.389. The van der Waals surface area contributed by atoms with Crippen molar-refractivity contribution in [3.63, 3.8) is 0 Å². The fourth-order valence-electron chi connectivity index (χ4n) is 3.64. The Bertz CT molecular complexity index is 707. The third-order valence-electron chi connectivity index (χ3n) is 4.75. The van der Waals surface area contributed by atoms with Crippen molar-refractivity contribution in [3.05, 3.63) is 47.7 Å². The molecule has 2 fully saturated rings. The summed E-state index contributed by atoms with van der Waals surface area (Å²) in [6.45, 7) is 2.04. The van der Waals surface area contributed by atoms with Gasteiger partial charge in [0.15, 0.2) is 5.76 Å². The van der Waals surface area contributed by atoms with E-state index in [1.807, 2.05) is 31.2 Å². The molecule has 2 N–H and O–H groups in total. The number of hydrogen-bond acceptors (Lipinski definition) is 3. The van der Waals surface area contributed by atoms with Crippen LogP contribution in [0.4, 0.5) is 0 Å². The van der Waals surface area contributed by atoms with Crippen LogP contribution < -0.4 is 10.6 Å². The first-order chi connectivity index (χ1) is 10.7. The second-order valence-corrected chi connectivity index (χ2v) is 6.40. The van der Waals surface area contributed by atoms with Crippen molar-refractivity contribution in [1.29, 1.82) is 0 Å². The third-order valence-corrected chi connectivity index (χ3v) is 4.75. The molecule has 1 aromatic carbocycles. The van der Waals surface area contributed by atoms with Gasteiger partial charge in [-0.3, -0.25) is 4.79 Å². The van der Waals surface area contributed by atoms with Gasteiger partial charge in [-0.15, -0.1) is 0 Å². The van der Waals surface area contributed by atoms with Crippen LogP contribution >= 0.6 is 0 Å². The predicted octanol–water partition coefficient (Wildman–Crippen LogP) is 2.88. The van der Waals surface area contributed by atoms with Gasteiger partial charge in [-0.2, -0.15) is 0 Å². The molecule has 2 aliphatic rings. The van der Waals surface area contributed by atoms with Gasteiger partial charge < -0.3 is 15.1 Å². The average Bonchev–Trinajstić information content (AvgIpc) is 3.23. The Morgan fingerprint density at radius 2 is 2.18 bits per heavy atom. The monoisotopic (exact) mass is 296 g/mol. The highest BCUT2D eigenvalue weighted by Gasteiger charge is 2.39. The smallest absolute Gasteiger partial charge is 0.287 e. The SMILES string of the molecule is Cc1cccc(-c2ccc(C(=O)N[C@@H]3C[C@H]4CC[C@@H]3N4)o2)c1. The lowest BCUT2D eigenvalue weighted by atomic mass is 9.95. The molecule has 3 atom stereocenters. The van der Waals surface area contributed by atoms with E-state index in [1.165, 1.54) is 12.0 Å². The minimum Gasteiger partial charge on any atom is -0.451 e. The van der Waals surface area contributed by atoms with Crippen molar-refractivity contribution in [2.75, 3.05) is 0 Å². The number of carbonyl (C=O) groups excluding carboxylic acids is 1. The van der Waals surface area contributed by atoms with Crippen LogP contribution in [0.25, 0.3) is 11.3 Å². The molecule has 2 aromatic rings. The fourth-order valence-corrected chi connectivity index (χ4v) is 3.64. The molecular formula is C18H20N2O2. The number of nitrogens with one attached hydrogen (secondary N) is 2. The van der Waals surface area contributed by atoms with E-state index >= 15 is 0 Å². The van der Waals surface area contributed by atoms with Crippen LogP contribution in [0.1, 0.15) is 35.4 Å². The lowest BCUT2D eigenvalue weighted by Gasteiger charge is -2.20. The van der Waals surface area contributed by atoms with E-state index in [0.29, 0.717) is 17.8 Å². The first kappa shape index (κ1) is 13.6. The zero-order chi connectivity index (χ0) is 15.1. The molecule has 4 nitrogen and oxygen atoms in total. The minimum atomic E-state index is -0.113. The summed E-state index contributed by atoms with van der Waals surface area (Å²) in [6.07, 6.45) is 3.42. The Labute approximate surface area is 129 Å². The van der Waals surface area contributed by atoms with Crippen molar-refractivity contribution in [2.45, 2.75) is 44.3 Å². The molecule has 0 aliphatic carbocycles. The maximum Gasteiger partial charge on any atom is 0.287 e. The summed E-state index contributed by atoms with van der Waals surface area (Å²) in [5, 5.41) is 6.63. The van der Waals surface area contributed by atoms with Crippen LogP contribution in [0.15, 0.2) is 40.8 Å². The summed E-state index contributed by atoms with van der Waals surface area (Å²) < 4.78 is 5.74. The van der Waals surface area contributed by atoms with E-state index < -0.39 is 0 Å². The van der Waals surface area contributed by atoms with Gasteiger partial charge in [0.2, 0.25) is 0 Å². The van der Waals surface area contributed by atoms with Crippen molar-refractivity contribution in [3.8, 4) is 11.3 Å². The van der Waals surface area contributed by atoms with E-state index in [4.69, 9.17) is 4.42 Å². The molecule has 4 heteroatoms. The molecule has 2 bridgehead atoms. The maximum atomic E-state index is 12.4. The highest BCUT2D eigenvalue weighted by molar-refractivity contribution is 5.92. The number of carbonyl (C=O) groups is 1. The first-order valence-corrected chi connectivity index (χ1v) is 7.93. The zero-order valence-electron chi connectivity index (χ0n) is 12.6. The molecule has 2 saturated heterocycles. The molecule has 0 saturated carbocycles. The van der Waals surface area contributed by atoms with Crippen LogP contribution in [0.3, 0.4) is 0 Å². The molecule has 0 spiro atoms. The summed E-state index contributed by atoms with van der Waals surface area (Å²) in [7, 11) is 0. The summed E-state index contributed by atoms with van der Waals surface area (Å²) in [4.78, 5) is 12.4. The zero-order valence-corrected chi connectivity index (χ0v) is 12.6. The van der Waals surface area contributed by atoms with Gasteiger partial charge in [0.1, 0.15) is 5.76 Å². The van der Waals surface area contributed by atoms with Crippen LogP contribution in [0.5, 0.6) is 0 Å². The lowest BCUT2D eigenvalue weighted by Crippen LogP contribution is -2.42. The highest BCUT2D eigenvalue weighted by Crippen LogP contribution is 2.29. The lowest BCUT2D eigenvalue weighted by molar-refractivity contribution is 0.0903. The molecule has 22 heavy (non-hydrogen) atoms. The quantitative estimate of drug-likeness (QED) is 0.915. The summed E-state index contributed by atoms with van der Waals surface area (Å²) in [5.74, 6) is 1.01. The van der Waals surface area contributed by atoms with E-state index in [-0.39, 0.29) is 11.9 Å². The number of fused-ring (bicyclic) bond motifs is 2. The van der Waals surface area contributed by atoms with E-state index in [2.05, 4.69) is 16.7 Å².